The largest absolute Gasteiger partial charge is 0.380 e. The Labute approximate surface area is 126 Å². The van der Waals surface area contributed by atoms with Gasteiger partial charge in [-0.2, -0.15) is 5.26 Å². The van der Waals surface area contributed by atoms with Crippen molar-refractivity contribution < 1.29 is 13.9 Å². The minimum atomic E-state index is -0.341. The Morgan fingerprint density at radius 1 is 1.14 bits per heavy atom. The average molecular weight is 294 g/mol. The van der Waals surface area contributed by atoms with Crippen LogP contribution >= 0.6 is 0 Å². The van der Waals surface area contributed by atoms with Gasteiger partial charge in [0.1, 0.15) is 5.82 Å². The van der Waals surface area contributed by atoms with E-state index in [-0.39, 0.29) is 5.82 Å². The van der Waals surface area contributed by atoms with E-state index in [0.717, 1.165) is 13.1 Å². The predicted molar refractivity (Wildman–Crippen MR) is 79.4 cm³/mol. The molecular weight excluding hydrogens is 271 g/mol. The monoisotopic (exact) mass is 294 g/mol. The van der Waals surface area contributed by atoms with Crippen molar-refractivity contribution in [3.63, 3.8) is 0 Å². The third-order valence-electron chi connectivity index (χ3n) is 3.09. The number of nitrogens with zero attached hydrogens (tertiary/aromatic N) is 2. The Morgan fingerprint density at radius 2 is 1.76 bits per heavy atom. The van der Waals surface area contributed by atoms with Crippen LogP contribution in [0.15, 0.2) is 18.2 Å². The number of benzene rings is 1. The van der Waals surface area contributed by atoms with Crippen LogP contribution < -0.4 is 0 Å². The van der Waals surface area contributed by atoms with E-state index in [1.165, 1.54) is 6.07 Å². The van der Waals surface area contributed by atoms with E-state index in [4.69, 9.17) is 14.7 Å². The summed E-state index contributed by atoms with van der Waals surface area (Å²) in [5.41, 5.74) is 0.924. The maximum atomic E-state index is 13.9. The van der Waals surface area contributed by atoms with E-state index in [2.05, 4.69) is 4.90 Å². The molecule has 4 nitrogen and oxygen atoms in total. The first-order valence-electron chi connectivity index (χ1n) is 7.27. The number of nitriles is 1. The Morgan fingerprint density at radius 3 is 2.24 bits per heavy atom. The van der Waals surface area contributed by atoms with E-state index < -0.39 is 0 Å². The Hall–Kier alpha value is -1.48. The standard InChI is InChI=1S/C16H23FN2O2/c1-3-20-9-7-19(8-10-21-4-2)13-15-6-5-14(12-18)11-16(15)17/h5-6,11H,3-4,7-10,13H2,1-2H3. The van der Waals surface area contributed by atoms with E-state index in [0.29, 0.717) is 44.1 Å². The van der Waals surface area contributed by atoms with Gasteiger partial charge in [0.25, 0.3) is 0 Å². The van der Waals surface area contributed by atoms with Crippen LogP contribution in [0.1, 0.15) is 25.0 Å². The van der Waals surface area contributed by atoms with Crippen molar-refractivity contribution >= 4 is 0 Å². The summed E-state index contributed by atoms with van der Waals surface area (Å²) in [6.07, 6.45) is 0. The highest BCUT2D eigenvalue weighted by molar-refractivity contribution is 5.32. The molecule has 1 aromatic rings. The van der Waals surface area contributed by atoms with Crippen molar-refractivity contribution in [2.75, 3.05) is 39.5 Å². The lowest BCUT2D eigenvalue weighted by Gasteiger charge is -2.22. The fourth-order valence-electron chi connectivity index (χ4n) is 1.93. The molecule has 0 atom stereocenters. The lowest BCUT2D eigenvalue weighted by Crippen LogP contribution is -2.31. The summed E-state index contributed by atoms with van der Waals surface area (Å²) in [6, 6.07) is 6.52. The average Bonchev–Trinajstić information content (AvgIpc) is 2.49. The lowest BCUT2D eigenvalue weighted by molar-refractivity contribution is 0.0793. The van der Waals surface area contributed by atoms with E-state index in [1.807, 2.05) is 19.9 Å². The topological polar surface area (TPSA) is 45.5 Å². The van der Waals surface area contributed by atoms with Crippen LogP contribution in [0.3, 0.4) is 0 Å². The summed E-state index contributed by atoms with van der Waals surface area (Å²) in [4.78, 5) is 2.09. The van der Waals surface area contributed by atoms with Crippen molar-refractivity contribution in [2.24, 2.45) is 0 Å². The van der Waals surface area contributed by atoms with Crippen molar-refractivity contribution in [3.05, 3.63) is 35.1 Å². The first-order chi connectivity index (χ1) is 10.2. The van der Waals surface area contributed by atoms with Crippen molar-refractivity contribution in [2.45, 2.75) is 20.4 Å². The maximum absolute atomic E-state index is 13.9. The molecule has 1 rings (SSSR count). The van der Waals surface area contributed by atoms with Crippen molar-refractivity contribution in [1.82, 2.24) is 4.90 Å². The molecule has 0 aliphatic heterocycles. The zero-order valence-corrected chi connectivity index (χ0v) is 12.8. The maximum Gasteiger partial charge on any atom is 0.129 e. The van der Waals surface area contributed by atoms with Crippen LogP contribution in [0.5, 0.6) is 0 Å². The van der Waals surface area contributed by atoms with Gasteiger partial charge in [0.2, 0.25) is 0 Å². The fourth-order valence-corrected chi connectivity index (χ4v) is 1.93. The molecule has 0 bridgehead atoms. The van der Waals surface area contributed by atoms with Crippen molar-refractivity contribution in [3.8, 4) is 6.07 Å². The second-order valence-corrected chi connectivity index (χ2v) is 4.59. The highest BCUT2D eigenvalue weighted by Gasteiger charge is 2.10. The van der Waals surface area contributed by atoms with E-state index >= 15 is 0 Å². The number of rotatable bonds is 10. The molecule has 0 aliphatic carbocycles. The first kappa shape index (κ1) is 17.6. The second-order valence-electron chi connectivity index (χ2n) is 4.59. The van der Waals surface area contributed by atoms with Gasteiger partial charge in [-0.25, -0.2) is 4.39 Å². The number of hydrogen-bond donors (Lipinski definition) is 0. The van der Waals surface area contributed by atoms with Gasteiger partial charge in [-0.05, 0) is 26.0 Å². The Balaban J connectivity index is 2.63. The summed E-state index contributed by atoms with van der Waals surface area (Å²) in [5.74, 6) is -0.341. The molecular formula is C16H23FN2O2. The van der Waals surface area contributed by atoms with Gasteiger partial charge >= 0.3 is 0 Å². The van der Waals surface area contributed by atoms with Gasteiger partial charge in [0.15, 0.2) is 0 Å². The zero-order valence-electron chi connectivity index (χ0n) is 12.8. The van der Waals surface area contributed by atoms with Gasteiger partial charge in [0.05, 0.1) is 24.8 Å². The van der Waals surface area contributed by atoms with Gasteiger partial charge in [-0.3, -0.25) is 4.90 Å². The molecule has 0 spiro atoms. The molecule has 0 saturated heterocycles. The molecule has 0 saturated carbocycles. The smallest absolute Gasteiger partial charge is 0.129 e. The normalized spacial score (nSPS) is 10.8. The molecule has 0 unspecified atom stereocenters. The second kappa shape index (κ2) is 10.3. The molecule has 1 aromatic carbocycles. The summed E-state index contributed by atoms with van der Waals surface area (Å²) in [6.45, 7) is 8.39. The molecule has 5 heteroatoms. The van der Waals surface area contributed by atoms with Gasteiger partial charge in [-0.1, -0.05) is 6.07 Å². The van der Waals surface area contributed by atoms with E-state index in [9.17, 15) is 4.39 Å². The SMILES string of the molecule is CCOCCN(CCOCC)Cc1ccc(C#N)cc1F. The van der Waals surface area contributed by atoms with Crippen LogP contribution in [0.2, 0.25) is 0 Å². The van der Waals surface area contributed by atoms with Crippen LogP contribution in [-0.4, -0.2) is 44.4 Å². The van der Waals surface area contributed by atoms with Crippen LogP contribution in [-0.2, 0) is 16.0 Å². The fraction of sp³-hybridized carbons (Fsp3) is 0.562. The minimum absolute atomic E-state index is 0.339. The molecule has 0 heterocycles. The molecule has 0 fully saturated rings. The molecule has 0 amide bonds. The molecule has 0 aliphatic rings. The predicted octanol–water partition coefficient (Wildman–Crippen LogP) is 2.57. The highest BCUT2D eigenvalue weighted by Crippen LogP contribution is 2.12. The van der Waals surface area contributed by atoms with Gasteiger partial charge < -0.3 is 9.47 Å². The number of hydrogen-bond acceptors (Lipinski definition) is 4. The quantitative estimate of drug-likeness (QED) is 0.622. The summed E-state index contributed by atoms with van der Waals surface area (Å²) < 4.78 is 24.6. The first-order valence-corrected chi connectivity index (χ1v) is 7.27. The number of halogens is 1. The number of ether oxygens (including phenoxy) is 2. The summed E-state index contributed by atoms with van der Waals surface area (Å²) in [7, 11) is 0. The van der Waals surface area contributed by atoms with Crippen LogP contribution in [0, 0.1) is 17.1 Å². The Kier molecular flexibility index (Phi) is 8.60. The highest BCUT2D eigenvalue weighted by atomic mass is 19.1. The lowest BCUT2D eigenvalue weighted by atomic mass is 10.1. The van der Waals surface area contributed by atoms with Gasteiger partial charge in [-0.15, -0.1) is 0 Å². The third kappa shape index (κ3) is 6.67. The molecule has 0 N–H and O–H groups in total. The van der Waals surface area contributed by atoms with Crippen LogP contribution in [0.25, 0.3) is 0 Å². The van der Waals surface area contributed by atoms with Crippen LogP contribution in [0.4, 0.5) is 4.39 Å². The zero-order chi connectivity index (χ0) is 15.5. The van der Waals surface area contributed by atoms with E-state index in [1.54, 1.807) is 12.1 Å². The molecule has 0 radical (unpaired) electrons. The summed E-state index contributed by atoms with van der Waals surface area (Å²) >= 11 is 0. The van der Waals surface area contributed by atoms with Crippen molar-refractivity contribution in [1.29, 1.82) is 5.26 Å². The Bertz CT molecular complexity index is 450. The molecule has 21 heavy (non-hydrogen) atoms. The molecule has 0 aromatic heterocycles. The van der Waals surface area contributed by atoms with Gasteiger partial charge in [0, 0.05) is 38.4 Å². The summed E-state index contributed by atoms with van der Waals surface area (Å²) in [5, 5.41) is 8.76. The minimum Gasteiger partial charge on any atom is -0.380 e. The molecule has 116 valence electrons. The third-order valence-corrected chi connectivity index (χ3v) is 3.09.